The molecule has 0 saturated heterocycles. The van der Waals surface area contributed by atoms with E-state index < -0.39 is 45.1 Å². The molecule has 226 valence electrons. The van der Waals surface area contributed by atoms with Gasteiger partial charge in [-0.05, 0) is 55.9 Å². The molecule has 1 unspecified atom stereocenters. The maximum atomic E-state index is 12.8. The van der Waals surface area contributed by atoms with Crippen molar-refractivity contribution in [3.05, 3.63) is 39.0 Å². The van der Waals surface area contributed by atoms with Gasteiger partial charge in [-0.3, -0.25) is 14.4 Å². The number of ether oxygens (including phenoxy) is 3. The Balaban J connectivity index is 1.54. The summed E-state index contributed by atoms with van der Waals surface area (Å²) in [5.41, 5.74) is 1.66. The molecule has 1 aromatic carbocycles. The van der Waals surface area contributed by atoms with E-state index in [0.29, 0.717) is 28.3 Å². The normalized spacial score (nSPS) is 15.2. The molecule has 0 radical (unpaired) electrons. The fraction of sp³-hybridized carbons (Fsp3) is 0.444. The number of aromatic nitrogens is 1. The van der Waals surface area contributed by atoms with Gasteiger partial charge in [-0.2, -0.15) is 4.99 Å². The number of anilines is 1. The lowest BCUT2D eigenvalue weighted by Gasteiger charge is -2.18. The number of rotatable bonds is 10. The van der Waals surface area contributed by atoms with Gasteiger partial charge in [0, 0.05) is 4.88 Å². The summed E-state index contributed by atoms with van der Waals surface area (Å²) in [6.45, 7) is 3.68. The molecule has 0 fully saturated rings. The summed E-state index contributed by atoms with van der Waals surface area (Å²) in [4.78, 5) is 55.3. The van der Waals surface area contributed by atoms with Gasteiger partial charge in [0.1, 0.15) is 28.8 Å². The Hall–Kier alpha value is -3.56. The lowest BCUT2D eigenvalue weighted by Crippen LogP contribution is -2.29. The van der Waals surface area contributed by atoms with Crippen molar-refractivity contribution in [2.24, 2.45) is 10.9 Å². The first-order chi connectivity index (χ1) is 19.9. The van der Waals surface area contributed by atoms with E-state index in [0.717, 1.165) is 34.6 Å². The zero-order chi connectivity index (χ0) is 30.6. The number of fused-ring (bicyclic) bond motifs is 2. The highest BCUT2D eigenvalue weighted by Crippen LogP contribution is 2.40. The number of thiazole rings is 1. The summed E-state index contributed by atoms with van der Waals surface area (Å²) in [6.07, 6.45) is 2.29. The number of methoxy groups -OCH3 is 2. The molecule has 1 aliphatic rings. The maximum Gasteiger partial charge on any atom is 0.341 e. The zero-order valence-electron chi connectivity index (χ0n) is 23.6. The first-order valence-corrected chi connectivity index (χ1v) is 16.5. The first-order valence-electron chi connectivity index (χ1n) is 13.1. The van der Waals surface area contributed by atoms with Gasteiger partial charge in [0.05, 0.1) is 36.6 Å². The minimum absolute atomic E-state index is 0.0887. The number of amides is 2. The summed E-state index contributed by atoms with van der Waals surface area (Å²) >= 11 is 2.31. The number of thiophene rings is 1. The van der Waals surface area contributed by atoms with E-state index >= 15 is 0 Å². The topological polar surface area (TPSA) is 159 Å². The molecule has 15 heteroatoms. The monoisotopic (exact) mass is 637 g/mol. The van der Waals surface area contributed by atoms with Crippen LogP contribution in [0.2, 0.25) is 0 Å². The smallest absolute Gasteiger partial charge is 0.341 e. The van der Waals surface area contributed by atoms with Crippen molar-refractivity contribution in [1.82, 2.24) is 4.57 Å². The molecule has 1 N–H and O–H groups in total. The number of nitrogens with zero attached hydrogens (tertiary/aromatic N) is 2. The second-order valence-electron chi connectivity index (χ2n) is 9.74. The molecular formula is C27H31N3O9S3. The van der Waals surface area contributed by atoms with Gasteiger partial charge >= 0.3 is 11.9 Å². The van der Waals surface area contributed by atoms with E-state index in [9.17, 15) is 27.6 Å². The molecule has 2 amide bonds. The van der Waals surface area contributed by atoms with Gasteiger partial charge in [0.15, 0.2) is 14.6 Å². The Morgan fingerprint density at radius 2 is 1.90 bits per heavy atom. The molecule has 12 nitrogen and oxygen atoms in total. The van der Waals surface area contributed by atoms with Crippen LogP contribution in [-0.2, 0) is 53.1 Å². The van der Waals surface area contributed by atoms with Crippen LogP contribution in [0.5, 0.6) is 5.75 Å². The fourth-order valence-electron chi connectivity index (χ4n) is 4.61. The van der Waals surface area contributed by atoms with Crippen LogP contribution in [0.3, 0.4) is 0 Å². The average Bonchev–Trinajstić information content (AvgIpc) is 3.43. The van der Waals surface area contributed by atoms with Crippen molar-refractivity contribution in [3.63, 3.8) is 0 Å². The molecule has 42 heavy (non-hydrogen) atoms. The predicted molar refractivity (Wildman–Crippen MR) is 158 cm³/mol. The van der Waals surface area contributed by atoms with Gasteiger partial charge in [0.25, 0.3) is 5.91 Å². The summed E-state index contributed by atoms with van der Waals surface area (Å²) in [6, 6.07) is 5.06. The SMILES string of the molecule is CCOC(=O)c1c(NC(=O)CS(=O)(=O)CC(=O)N=c2sc3cc(OC)ccc3n2CC(=O)OC)sc2c1CCC(C)C2. The van der Waals surface area contributed by atoms with Crippen LogP contribution in [-0.4, -0.2) is 69.1 Å². The van der Waals surface area contributed by atoms with Crippen molar-refractivity contribution in [3.8, 4) is 5.75 Å². The Bertz CT molecular complexity index is 1720. The number of benzene rings is 1. The molecule has 0 saturated carbocycles. The van der Waals surface area contributed by atoms with E-state index in [4.69, 9.17) is 14.2 Å². The van der Waals surface area contributed by atoms with Gasteiger partial charge in [-0.15, -0.1) is 11.3 Å². The number of hydrogen-bond donors (Lipinski definition) is 1. The Morgan fingerprint density at radius 1 is 1.14 bits per heavy atom. The summed E-state index contributed by atoms with van der Waals surface area (Å²) in [7, 11) is -1.52. The van der Waals surface area contributed by atoms with E-state index in [1.54, 1.807) is 25.1 Å². The fourth-order valence-corrected chi connectivity index (χ4v) is 8.12. The minimum Gasteiger partial charge on any atom is -0.497 e. The Kier molecular flexibility index (Phi) is 9.84. The molecule has 1 aliphatic carbocycles. The lowest BCUT2D eigenvalue weighted by atomic mass is 9.88. The molecule has 2 heterocycles. The second-order valence-corrected chi connectivity index (χ2v) is 13.9. The van der Waals surface area contributed by atoms with Crippen LogP contribution in [0.4, 0.5) is 5.00 Å². The largest absolute Gasteiger partial charge is 0.497 e. The molecule has 3 aromatic rings. The highest BCUT2D eigenvalue weighted by Gasteiger charge is 2.30. The minimum atomic E-state index is -4.24. The zero-order valence-corrected chi connectivity index (χ0v) is 26.0. The number of esters is 2. The van der Waals surface area contributed by atoms with Crippen molar-refractivity contribution in [1.29, 1.82) is 0 Å². The predicted octanol–water partition coefficient (Wildman–Crippen LogP) is 2.73. The second kappa shape index (κ2) is 13.2. The summed E-state index contributed by atoms with van der Waals surface area (Å²) in [5, 5.41) is 2.80. The summed E-state index contributed by atoms with van der Waals surface area (Å²) < 4.78 is 42.9. The average molecular weight is 638 g/mol. The van der Waals surface area contributed by atoms with Crippen LogP contribution < -0.4 is 14.9 Å². The van der Waals surface area contributed by atoms with E-state index in [2.05, 4.69) is 17.2 Å². The third-order valence-corrected chi connectivity index (χ3v) is 10.2. The van der Waals surface area contributed by atoms with E-state index in [-0.39, 0.29) is 28.5 Å². The number of carbonyl (C=O) groups is 4. The van der Waals surface area contributed by atoms with Gasteiger partial charge in [-0.25, -0.2) is 13.2 Å². The van der Waals surface area contributed by atoms with Crippen molar-refractivity contribution < 1.29 is 41.8 Å². The van der Waals surface area contributed by atoms with Crippen LogP contribution in [0.15, 0.2) is 23.2 Å². The van der Waals surface area contributed by atoms with Crippen LogP contribution in [0, 0.1) is 5.92 Å². The number of hydrogen-bond acceptors (Lipinski definition) is 11. The molecule has 0 spiro atoms. The van der Waals surface area contributed by atoms with Crippen LogP contribution in [0.25, 0.3) is 10.2 Å². The molecule has 1 atom stereocenters. The molecule has 4 rings (SSSR count). The maximum absolute atomic E-state index is 12.8. The highest BCUT2D eigenvalue weighted by molar-refractivity contribution is 7.92. The molecule has 0 bridgehead atoms. The molecular weight excluding hydrogens is 607 g/mol. The Morgan fingerprint density at radius 3 is 2.60 bits per heavy atom. The first kappa shape index (κ1) is 31.4. The number of carbonyl (C=O) groups excluding carboxylic acids is 4. The third-order valence-electron chi connectivity index (χ3n) is 6.56. The standard InChI is InChI=1S/C27H31N3O9S3/c1-5-39-26(34)24-17-8-6-15(2)10-19(17)40-25(24)28-21(31)13-42(35,36)14-22(32)29-27-30(12-23(33)38-4)18-9-7-16(37-3)11-20(18)41-27/h7,9,11,15H,5-6,8,10,12-14H2,1-4H3,(H,28,31). The van der Waals surface area contributed by atoms with E-state index in [1.807, 2.05) is 0 Å². The van der Waals surface area contributed by atoms with Gasteiger partial charge in [0.2, 0.25) is 5.91 Å². The molecule has 0 aliphatic heterocycles. The van der Waals surface area contributed by atoms with Gasteiger partial charge < -0.3 is 24.1 Å². The highest BCUT2D eigenvalue weighted by atomic mass is 32.2. The lowest BCUT2D eigenvalue weighted by molar-refractivity contribution is -0.141. The summed E-state index contributed by atoms with van der Waals surface area (Å²) in [5.74, 6) is -4.09. The quantitative estimate of drug-likeness (QED) is 0.330. The number of nitrogens with one attached hydrogen (secondary N) is 1. The third kappa shape index (κ3) is 7.25. The Labute approximate surface area is 250 Å². The van der Waals surface area contributed by atoms with E-state index in [1.165, 1.54) is 30.1 Å². The van der Waals surface area contributed by atoms with Crippen molar-refractivity contribution in [2.45, 2.75) is 39.7 Å². The van der Waals surface area contributed by atoms with Crippen molar-refractivity contribution in [2.75, 3.05) is 37.6 Å². The van der Waals surface area contributed by atoms with Crippen LogP contribution >= 0.6 is 22.7 Å². The number of sulfone groups is 1. The molecule has 2 aromatic heterocycles. The van der Waals surface area contributed by atoms with Crippen molar-refractivity contribution >= 4 is 71.5 Å². The van der Waals surface area contributed by atoms with Crippen LogP contribution in [0.1, 0.15) is 41.1 Å². The van der Waals surface area contributed by atoms with Gasteiger partial charge in [-0.1, -0.05) is 18.3 Å².